The molecule has 0 atom stereocenters. The van der Waals surface area contributed by atoms with Gasteiger partial charge in [-0.15, -0.1) is 0 Å². The lowest BCUT2D eigenvalue weighted by Gasteiger charge is -2.28. The minimum absolute atomic E-state index is 0.726. The Bertz CT molecular complexity index is 594. The summed E-state index contributed by atoms with van der Waals surface area (Å²) >= 11 is 0. The van der Waals surface area contributed by atoms with Crippen LogP contribution < -0.4 is 4.74 Å². The third-order valence-electron chi connectivity index (χ3n) is 5.04. The van der Waals surface area contributed by atoms with E-state index in [2.05, 4.69) is 43.3 Å². The molecular formula is C20H26O. The Balaban J connectivity index is 1.80. The minimum Gasteiger partial charge on any atom is -0.494 e. The first kappa shape index (κ1) is 14.4. The molecule has 2 aromatic carbocycles. The fraction of sp³-hybridized carbons (Fsp3) is 0.500. The Labute approximate surface area is 128 Å². The lowest BCUT2D eigenvalue weighted by Crippen LogP contribution is -2.12. The molecule has 2 aromatic rings. The molecule has 0 aromatic heterocycles. The van der Waals surface area contributed by atoms with Gasteiger partial charge in [-0.3, -0.25) is 0 Å². The van der Waals surface area contributed by atoms with Gasteiger partial charge >= 0.3 is 0 Å². The predicted molar refractivity (Wildman–Crippen MR) is 90.1 cm³/mol. The van der Waals surface area contributed by atoms with E-state index in [1.807, 2.05) is 6.92 Å². The van der Waals surface area contributed by atoms with Gasteiger partial charge in [-0.2, -0.15) is 0 Å². The molecule has 0 bridgehead atoms. The Morgan fingerprint density at radius 2 is 1.62 bits per heavy atom. The van der Waals surface area contributed by atoms with Crippen LogP contribution in [-0.4, -0.2) is 6.61 Å². The maximum Gasteiger partial charge on any atom is 0.119 e. The van der Waals surface area contributed by atoms with E-state index in [1.165, 1.54) is 48.4 Å². The second-order valence-electron chi connectivity index (χ2n) is 6.33. The number of rotatable bonds is 4. The largest absolute Gasteiger partial charge is 0.494 e. The zero-order valence-corrected chi connectivity index (χ0v) is 13.3. The molecule has 0 N–H and O–H groups in total. The topological polar surface area (TPSA) is 9.23 Å². The van der Waals surface area contributed by atoms with Gasteiger partial charge in [0.1, 0.15) is 5.75 Å². The number of hydrogen-bond acceptors (Lipinski definition) is 1. The van der Waals surface area contributed by atoms with Gasteiger partial charge < -0.3 is 4.74 Å². The van der Waals surface area contributed by atoms with Crippen molar-refractivity contribution < 1.29 is 4.74 Å². The second kappa shape index (κ2) is 6.51. The first-order valence-electron chi connectivity index (χ1n) is 8.46. The molecule has 0 unspecified atom stereocenters. The second-order valence-corrected chi connectivity index (χ2v) is 6.33. The lowest BCUT2D eigenvalue weighted by atomic mass is 9.77. The first-order chi connectivity index (χ1) is 10.3. The Hall–Kier alpha value is -1.50. The van der Waals surface area contributed by atoms with Crippen LogP contribution in [0.3, 0.4) is 0 Å². The van der Waals surface area contributed by atoms with E-state index in [-0.39, 0.29) is 0 Å². The average molecular weight is 282 g/mol. The normalized spacial score (nSPS) is 22.4. The molecule has 1 aliphatic carbocycles. The van der Waals surface area contributed by atoms with Gasteiger partial charge in [-0.25, -0.2) is 0 Å². The van der Waals surface area contributed by atoms with Gasteiger partial charge in [0.05, 0.1) is 6.61 Å². The number of benzene rings is 2. The SMILES string of the molecule is CCOc1ccc2cc([C@H]3CC[C@H](CC)CC3)ccc2c1. The molecule has 112 valence electrons. The highest BCUT2D eigenvalue weighted by atomic mass is 16.5. The maximum atomic E-state index is 5.58. The maximum absolute atomic E-state index is 5.58. The van der Waals surface area contributed by atoms with Crippen LogP contribution in [0.5, 0.6) is 5.75 Å². The van der Waals surface area contributed by atoms with Gasteiger partial charge in [-0.1, -0.05) is 37.6 Å². The van der Waals surface area contributed by atoms with Crippen LogP contribution >= 0.6 is 0 Å². The first-order valence-corrected chi connectivity index (χ1v) is 8.46. The number of fused-ring (bicyclic) bond motifs is 1. The standard InChI is InChI=1S/C20H26O/c1-3-15-5-7-16(8-6-15)17-9-10-19-14-20(21-4-2)12-11-18(19)13-17/h9-16H,3-8H2,1-2H3/t15-,16-. The van der Waals surface area contributed by atoms with E-state index in [0.717, 1.165) is 24.2 Å². The number of hydrogen-bond donors (Lipinski definition) is 0. The molecule has 0 spiro atoms. The predicted octanol–water partition coefficient (Wildman–Crippen LogP) is 5.92. The van der Waals surface area contributed by atoms with Crippen LogP contribution in [0.1, 0.15) is 57.4 Å². The van der Waals surface area contributed by atoms with Gasteiger partial charge in [-0.05, 0) is 72.9 Å². The molecular weight excluding hydrogens is 256 g/mol. The zero-order valence-electron chi connectivity index (χ0n) is 13.3. The molecule has 1 nitrogen and oxygen atoms in total. The highest BCUT2D eigenvalue weighted by Crippen LogP contribution is 2.38. The smallest absolute Gasteiger partial charge is 0.119 e. The highest BCUT2D eigenvalue weighted by Gasteiger charge is 2.21. The van der Waals surface area contributed by atoms with Crippen molar-refractivity contribution in [2.45, 2.75) is 51.9 Å². The van der Waals surface area contributed by atoms with Gasteiger partial charge in [0.25, 0.3) is 0 Å². The quantitative estimate of drug-likeness (QED) is 0.676. The molecule has 0 aliphatic heterocycles. The van der Waals surface area contributed by atoms with Crippen LogP contribution in [0, 0.1) is 5.92 Å². The summed E-state index contributed by atoms with van der Waals surface area (Å²) in [5.41, 5.74) is 1.53. The molecule has 3 rings (SSSR count). The summed E-state index contributed by atoms with van der Waals surface area (Å²) in [5.74, 6) is 2.71. The van der Waals surface area contributed by atoms with E-state index in [4.69, 9.17) is 4.74 Å². The van der Waals surface area contributed by atoms with Crippen molar-refractivity contribution in [2.24, 2.45) is 5.92 Å². The van der Waals surface area contributed by atoms with E-state index in [9.17, 15) is 0 Å². The fourth-order valence-electron chi connectivity index (χ4n) is 3.66. The van der Waals surface area contributed by atoms with Crippen LogP contribution in [0.2, 0.25) is 0 Å². The Morgan fingerprint density at radius 1 is 0.905 bits per heavy atom. The molecule has 0 radical (unpaired) electrons. The monoisotopic (exact) mass is 282 g/mol. The summed E-state index contributed by atoms with van der Waals surface area (Å²) < 4.78 is 5.58. The summed E-state index contributed by atoms with van der Waals surface area (Å²) in [6.07, 6.45) is 6.89. The van der Waals surface area contributed by atoms with Crippen molar-refractivity contribution in [3.8, 4) is 5.75 Å². The fourth-order valence-corrected chi connectivity index (χ4v) is 3.66. The molecule has 21 heavy (non-hydrogen) atoms. The lowest BCUT2D eigenvalue weighted by molar-refractivity contribution is 0.319. The zero-order chi connectivity index (χ0) is 14.7. The van der Waals surface area contributed by atoms with E-state index >= 15 is 0 Å². The summed E-state index contributed by atoms with van der Waals surface area (Å²) in [6.45, 7) is 5.08. The third-order valence-corrected chi connectivity index (χ3v) is 5.04. The summed E-state index contributed by atoms with van der Waals surface area (Å²) in [4.78, 5) is 0. The van der Waals surface area contributed by atoms with E-state index in [1.54, 1.807) is 0 Å². The van der Waals surface area contributed by atoms with Gasteiger partial charge in [0.2, 0.25) is 0 Å². The van der Waals surface area contributed by atoms with E-state index in [0.29, 0.717) is 0 Å². The van der Waals surface area contributed by atoms with Crippen molar-refractivity contribution in [3.63, 3.8) is 0 Å². The minimum atomic E-state index is 0.726. The molecule has 1 saturated carbocycles. The average Bonchev–Trinajstić information content (AvgIpc) is 2.55. The van der Waals surface area contributed by atoms with E-state index < -0.39 is 0 Å². The molecule has 1 aliphatic rings. The van der Waals surface area contributed by atoms with Crippen LogP contribution in [0.4, 0.5) is 0 Å². The van der Waals surface area contributed by atoms with Crippen LogP contribution in [0.25, 0.3) is 10.8 Å². The van der Waals surface area contributed by atoms with Crippen molar-refractivity contribution in [3.05, 3.63) is 42.0 Å². The van der Waals surface area contributed by atoms with Gasteiger partial charge in [0, 0.05) is 0 Å². The molecule has 0 amide bonds. The summed E-state index contributed by atoms with van der Waals surface area (Å²) in [7, 11) is 0. The molecule has 0 saturated heterocycles. The Kier molecular flexibility index (Phi) is 4.48. The summed E-state index contributed by atoms with van der Waals surface area (Å²) in [5, 5.41) is 2.63. The van der Waals surface area contributed by atoms with Crippen LogP contribution in [-0.2, 0) is 0 Å². The van der Waals surface area contributed by atoms with Crippen molar-refractivity contribution in [1.29, 1.82) is 0 Å². The highest BCUT2D eigenvalue weighted by molar-refractivity contribution is 5.84. The Morgan fingerprint density at radius 3 is 2.33 bits per heavy atom. The molecule has 1 fully saturated rings. The molecule has 0 heterocycles. The van der Waals surface area contributed by atoms with Crippen molar-refractivity contribution in [2.75, 3.05) is 6.61 Å². The van der Waals surface area contributed by atoms with Crippen molar-refractivity contribution >= 4 is 10.8 Å². The van der Waals surface area contributed by atoms with Crippen LogP contribution in [0.15, 0.2) is 36.4 Å². The summed E-state index contributed by atoms with van der Waals surface area (Å²) in [6, 6.07) is 13.4. The third kappa shape index (κ3) is 3.23. The van der Waals surface area contributed by atoms with Gasteiger partial charge in [0.15, 0.2) is 0 Å². The number of ether oxygens (including phenoxy) is 1. The van der Waals surface area contributed by atoms with Crippen molar-refractivity contribution in [1.82, 2.24) is 0 Å². The molecule has 1 heteroatoms.